The fraction of sp³-hybridized carbons (Fsp3) is 0.556. The van der Waals surface area contributed by atoms with Crippen LogP contribution in [0.3, 0.4) is 0 Å². The summed E-state index contributed by atoms with van der Waals surface area (Å²) >= 11 is 0. The van der Waals surface area contributed by atoms with Gasteiger partial charge in [-0.15, -0.1) is 0 Å². The van der Waals surface area contributed by atoms with E-state index >= 15 is 0 Å². The number of rotatable bonds is 7. The molecule has 2 atom stereocenters. The van der Waals surface area contributed by atoms with Crippen LogP contribution in [0.15, 0.2) is 41.3 Å². The lowest BCUT2D eigenvalue weighted by molar-refractivity contribution is -0.137. The maximum absolute atomic E-state index is 12.8. The fourth-order valence-corrected chi connectivity index (χ4v) is 5.16. The molecule has 1 aromatic heterocycles. The van der Waals surface area contributed by atoms with Gasteiger partial charge < -0.3 is 26.2 Å². The fourth-order valence-electron chi connectivity index (χ4n) is 5.16. The molecule has 11 heteroatoms. The minimum absolute atomic E-state index is 0.141. The lowest BCUT2D eigenvalue weighted by Crippen LogP contribution is -2.58. The van der Waals surface area contributed by atoms with Gasteiger partial charge in [0, 0.05) is 52.0 Å². The van der Waals surface area contributed by atoms with Crippen molar-refractivity contribution in [1.82, 2.24) is 24.3 Å². The first-order valence-electron chi connectivity index (χ1n) is 13.3. The number of nitrogens with one attached hydrogen (secondary N) is 1. The second-order valence-electron chi connectivity index (χ2n) is 11.0. The highest BCUT2D eigenvalue weighted by molar-refractivity contribution is 5.89. The van der Waals surface area contributed by atoms with Gasteiger partial charge >= 0.3 is 11.7 Å². The van der Waals surface area contributed by atoms with Gasteiger partial charge in [0.15, 0.2) is 0 Å². The molecule has 5 N–H and O–H groups in total. The summed E-state index contributed by atoms with van der Waals surface area (Å²) in [4.78, 5) is 47.7. The van der Waals surface area contributed by atoms with Crippen LogP contribution in [-0.2, 0) is 11.2 Å². The number of carbonyl (C=O) groups is 2. The zero-order valence-electron chi connectivity index (χ0n) is 22.6. The molecule has 206 valence electrons. The Balaban J connectivity index is 1.33. The lowest BCUT2D eigenvalue weighted by Gasteiger charge is -2.37. The Morgan fingerprint density at radius 2 is 1.82 bits per heavy atom. The Hall–Kier alpha value is -3.28. The zero-order chi connectivity index (χ0) is 27.4. The molecule has 2 aliphatic heterocycles. The molecule has 4 rings (SSSR count). The van der Waals surface area contributed by atoms with E-state index in [9.17, 15) is 14.4 Å². The SMILES string of the molecule is CC1CN(CCc2cccc(-n3ccc(NC(=O)N4CCN(C(=O)C(C)(C)N)CC4)nc3=O)c2)CC1CN. The van der Waals surface area contributed by atoms with E-state index in [1.54, 1.807) is 35.9 Å². The van der Waals surface area contributed by atoms with Crippen molar-refractivity contribution in [1.29, 1.82) is 0 Å². The monoisotopic (exact) mass is 524 g/mol. The van der Waals surface area contributed by atoms with Crippen LogP contribution in [0.5, 0.6) is 0 Å². The van der Waals surface area contributed by atoms with E-state index in [1.807, 2.05) is 18.2 Å². The molecule has 2 aliphatic rings. The van der Waals surface area contributed by atoms with Crippen molar-refractivity contribution in [2.75, 3.05) is 57.7 Å². The van der Waals surface area contributed by atoms with Crippen LogP contribution in [0.25, 0.3) is 5.69 Å². The number of piperazine rings is 1. The summed E-state index contributed by atoms with van der Waals surface area (Å²) in [5, 5.41) is 2.70. The van der Waals surface area contributed by atoms with Crippen molar-refractivity contribution in [3.05, 3.63) is 52.6 Å². The van der Waals surface area contributed by atoms with Gasteiger partial charge in [-0.25, -0.2) is 9.59 Å². The molecular weight excluding hydrogens is 484 g/mol. The van der Waals surface area contributed by atoms with Gasteiger partial charge in [-0.05, 0) is 62.4 Å². The minimum atomic E-state index is -0.946. The molecule has 0 aliphatic carbocycles. The summed E-state index contributed by atoms with van der Waals surface area (Å²) in [6.07, 6.45) is 2.51. The van der Waals surface area contributed by atoms with E-state index in [4.69, 9.17) is 11.5 Å². The van der Waals surface area contributed by atoms with Gasteiger partial charge in [-0.3, -0.25) is 14.7 Å². The molecule has 2 aromatic rings. The average Bonchev–Trinajstić information content (AvgIpc) is 3.26. The zero-order valence-corrected chi connectivity index (χ0v) is 22.6. The molecule has 0 radical (unpaired) electrons. The third-order valence-corrected chi connectivity index (χ3v) is 7.50. The van der Waals surface area contributed by atoms with E-state index in [1.165, 1.54) is 4.57 Å². The molecule has 0 bridgehead atoms. The van der Waals surface area contributed by atoms with E-state index in [-0.39, 0.29) is 17.8 Å². The van der Waals surface area contributed by atoms with Crippen molar-refractivity contribution in [2.45, 2.75) is 32.7 Å². The molecule has 0 saturated carbocycles. The van der Waals surface area contributed by atoms with Crippen LogP contribution in [0.2, 0.25) is 0 Å². The van der Waals surface area contributed by atoms with Crippen LogP contribution in [0, 0.1) is 11.8 Å². The van der Waals surface area contributed by atoms with Crippen molar-refractivity contribution in [2.24, 2.45) is 23.3 Å². The van der Waals surface area contributed by atoms with Gasteiger partial charge in [0.1, 0.15) is 5.82 Å². The van der Waals surface area contributed by atoms with Gasteiger partial charge in [0.25, 0.3) is 0 Å². The Morgan fingerprint density at radius 1 is 1.11 bits per heavy atom. The van der Waals surface area contributed by atoms with Crippen molar-refractivity contribution in [3.8, 4) is 5.69 Å². The normalized spacial score (nSPS) is 20.6. The number of nitrogens with zero attached hydrogens (tertiary/aromatic N) is 5. The summed E-state index contributed by atoms with van der Waals surface area (Å²) in [6, 6.07) is 9.14. The van der Waals surface area contributed by atoms with Crippen LogP contribution < -0.4 is 22.5 Å². The van der Waals surface area contributed by atoms with Gasteiger partial charge in [-0.1, -0.05) is 19.1 Å². The molecule has 1 aromatic carbocycles. The van der Waals surface area contributed by atoms with Crippen LogP contribution >= 0.6 is 0 Å². The van der Waals surface area contributed by atoms with Crippen molar-refractivity contribution in [3.63, 3.8) is 0 Å². The molecule has 3 heterocycles. The average molecular weight is 525 g/mol. The Morgan fingerprint density at radius 3 is 2.45 bits per heavy atom. The Bertz CT molecular complexity index is 1200. The number of nitrogens with two attached hydrogens (primary N) is 2. The van der Waals surface area contributed by atoms with Gasteiger partial charge in [0.2, 0.25) is 5.91 Å². The van der Waals surface area contributed by atoms with E-state index in [2.05, 4.69) is 28.2 Å². The Kier molecular flexibility index (Phi) is 8.49. The standard InChI is InChI=1S/C27H40N8O3/c1-19-17-32(18-21(19)16-28)9-7-20-5-4-6-22(15-20)35-10-8-23(31-26(35)38)30-25(37)34-13-11-33(12-14-34)24(36)27(2,3)29/h4-6,8,10,15,19,21H,7,9,11-14,16-18,28-29H2,1-3H3,(H,30,31,37,38). The van der Waals surface area contributed by atoms with E-state index in [0.717, 1.165) is 43.9 Å². The summed E-state index contributed by atoms with van der Waals surface area (Å²) < 4.78 is 1.47. The molecule has 0 spiro atoms. The first kappa shape index (κ1) is 27.7. The third kappa shape index (κ3) is 6.58. The second kappa shape index (κ2) is 11.6. The Labute approximate surface area is 223 Å². The molecule has 2 fully saturated rings. The number of amides is 3. The largest absolute Gasteiger partial charge is 0.354 e. The van der Waals surface area contributed by atoms with Gasteiger partial charge in [-0.2, -0.15) is 4.98 Å². The number of benzene rings is 1. The molecule has 11 nitrogen and oxygen atoms in total. The van der Waals surface area contributed by atoms with Gasteiger partial charge in [0.05, 0.1) is 11.2 Å². The van der Waals surface area contributed by atoms with Crippen LogP contribution in [0.1, 0.15) is 26.3 Å². The highest BCUT2D eigenvalue weighted by atomic mass is 16.2. The first-order chi connectivity index (χ1) is 18.0. The molecule has 2 unspecified atom stereocenters. The minimum Gasteiger partial charge on any atom is -0.338 e. The maximum Gasteiger partial charge on any atom is 0.354 e. The second-order valence-corrected chi connectivity index (χ2v) is 11.0. The number of carbonyl (C=O) groups excluding carboxylic acids is 2. The summed E-state index contributed by atoms with van der Waals surface area (Å²) in [6.45, 7) is 10.9. The lowest BCUT2D eigenvalue weighted by atomic mass is 9.99. The van der Waals surface area contributed by atoms with E-state index in [0.29, 0.717) is 38.0 Å². The number of likely N-dealkylation sites (tertiary alicyclic amines) is 1. The van der Waals surface area contributed by atoms with Crippen molar-refractivity contribution >= 4 is 17.8 Å². The number of hydrogen-bond donors (Lipinski definition) is 3. The van der Waals surface area contributed by atoms with Crippen LogP contribution in [0.4, 0.5) is 10.6 Å². The number of aromatic nitrogens is 2. The third-order valence-electron chi connectivity index (χ3n) is 7.50. The van der Waals surface area contributed by atoms with Crippen molar-refractivity contribution < 1.29 is 9.59 Å². The van der Waals surface area contributed by atoms with E-state index < -0.39 is 11.2 Å². The predicted octanol–water partition coefficient (Wildman–Crippen LogP) is 0.715. The molecule has 38 heavy (non-hydrogen) atoms. The summed E-state index contributed by atoms with van der Waals surface area (Å²) in [5.74, 6) is 1.22. The highest BCUT2D eigenvalue weighted by Crippen LogP contribution is 2.22. The quantitative estimate of drug-likeness (QED) is 0.484. The molecular formula is C27H40N8O3. The first-order valence-corrected chi connectivity index (χ1v) is 13.3. The highest BCUT2D eigenvalue weighted by Gasteiger charge is 2.31. The number of anilines is 1. The topological polar surface area (TPSA) is 143 Å². The summed E-state index contributed by atoms with van der Waals surface area (Å²) in [5.41, 5.74) is 12.3. The summed E-state index contributed by atoms with van der Waals surface area (Å²) in [7, 11) is 0. The predicted molar refractivity (Wildman–Crippen MR) is 147 cm³/mol. The maximum atomic E-state index is 12.8. The molecule has 3 amide bonds. The number of urea groups is 1. The van der Waals surface area contributed by atoms with Crippen LogP contribution in [-0.4, -0.2) is 94.1 Å². The smallest absolute Gasteiger partial charge is 0.338 e. The molecule has 2 saturated heterocycles. The number of hydrogen-bond acceptors (Lipinski definition) is 7.